The molecule has 0 spiro atoms. The number of esters is 1. The van der Waals surface area contributed by atoms with Gasteiger partial charge in [-0.15, -0.1) is 0 Å². The molecule has 0 fully saturated rings. The minimum absolute atomic E-state index is 0.0306. The number of rotatable bonds is 45. The van der Waals surface area contributed by atoms with E-state index in [9.17, 15) is 19.8 Å². The first kappa shape index (κ1) is 59.0. The largest absolute Gasteiger partial charge is 0.462 e. The fourth-order valence-corrected chi connectivity index (χ4v) is 7.32. The molecule has 0 rings (SSSR count). The summed E-state index contributed by atoms with van der Waals surface area (Å²) in [5, 5.41) is 23.7. The third-order valence-electron chi connectivity index (χ3n) is 11.2. The molecule has 0 aromatic carbocycles. The fourth-order valence-electron chi connectivity index (χ4n) is 7.32. The Bertz CT molecular complexity index is 1200. The maximum absolute atomic E-state index is 13.2. The summed E-state index contributed by atoms with van der Waals surface area (Å²) in [7, 11) is 0. The van der Waals surface area contributed by atoms with E-state index in [0.29, 0.717) is 19.3 Å². The van der Waals surface area contributed by atoms with Gasteiger partial charge in [0.15, 0.2) is 0 Å². The Morgan fingerprint density at radius 1 is 0.484 bits per heavy atom. The fraction of sp³-hybridized carbons (Fsp3) is 0.714. The van der Waals surface area contributed by atoms with Crippen LogP contribution in [-0.2, 0) is 14.3 Å². The van der Waals surface area contributed by atoms with Gasteiger partial charge in [-0.1, -0.05) is 209 Å². The summed E-state index contributed by atoms with van der Waals surface area (Å²) in [5.41, 5.74) is 0. The number of carbonyl (C=O) groups is 2. The summed E-state index contributed by atoms with van der Waals surface area (Å²) < 4.78 is 5.90. The van der Waals surface area contributed by atoms with Crippen LogP contribution in [0.25, 0.3) is 0 Å². The summed E-state index contributed by atoms with van der Waals surface area (Å²) in [4.78, 5) is 26.1. The molecule has 0 saturated carbocycles. The van der Waals surface area contributed by atoms with Crippen LogP contribution in [0.1, 0.15) is 233 Å². The molecule has 0 saturated heterocycles. The molecule has 3 atom stereocenters. The van der Waals surface area contributed by atoms with Crippen LogP contribution >= 0.6 is 0 Å². The molecule has 3 unspecified atom stereocenters. The van der Waals surface area contributed by atoms with Gasteiger partial charge in [-0.25, -0.2) is 0 Å². The Hall–Kier alpha value is -2.96. The van der Waals surface area contributed by atoms with Crippen molar-refractivity contribution in [1.82, 2.24) is 5.32 Å². The average molecular weight is 864 g/mol. The summed E-state index contributed by atoms with van der Waals surface area (Å²) in [6, 6.07) is -0.725. The highest BCUT2D eigenvalue weighted by molar-refractivity contribution is 5.77. The smallest absolute Gasteiger partial charge is 0.306 e. The molecule has 0 aromatic heterocycles. The molecule has 0 heterocycles. The molecule has 6 heteroatoms. The maximum atomic E-state index is 13.2. The molecule has 62 heavy (non-hydrogen) atoms. The van der Waals surface area contributed by atoms with Crippen LogP contribution in [0.2, 0.25) is 0 Å². The van der Waals surface area contributed by atoms with E-state index in [1.807, 2.05) is 0 Å². The van der Waals surface area contributed by atoms with E-state index in [2.05, 4.69) is 111 Å². The SMILES string of the molecule is CC/C=C/C/C=C/C/C=C/CCCCCCCCC(=O)OC(CCC/C=C\C/C=C\C/C=C\C/C=C\CCCCC)CC(=O)NC(CO)C(O)CCCCCCCCCCCC. The predicted octanol–water partition coefficient (Wildman–Crippen LogP) is 15.6. The van der Waals surface area contributed by atoms with Crippen LogP contribution in [-0.4, -0.2) is 46.9 Å². The van der Waals surface area contributed by atoms with Gasteiger partial charge in [0.2, 0.25) is 5.91 Å². The summed E-state index contributed by atoms with van der Waals surface area (Å²) in [6.07, 6.45) is 63.6. The highest BCUT2D eigenvalue weighted by Crippen LogP contribution is 2.16. The lowest BCUT2D eigenvalue weighted by Gasteiger charge is -2.24. The number of hydrogen-bond acceptors (Lipinski definition) is 5. The van der Waals surface area contributed by atoms with Crippen molar-refractivity contribution >= 4 is 11.9 Å². The van der Waals surface area contributed by atoms with E-state index < -0.39 is 18.2 Å². The van der Waals surface area contributed by atoms with Crippen LogP contribution in [0, 0.1) is 0 Å². The van der Waals surface area contributed by atoms with Gasteiger partial charge in [0.25, 0.3) is 0 Å². The van der Waals surface area contributed by atoms with Crippen molar-refractivity contribution in [1.29, 1.82) is 0 Å². The number of nitrogens with one attached hydrogen (secondary N) is 1. The van der Waals surface area contributed by atoms with E-state index in [1.165, 1.54) is 89.9 Å². The van der Waals surface area contributed by atoms with Crippen LogP contribution in [0.5, 0.6) is 0 Å². The molecule has 356 valence electrons. The van der Waals surface area contributed by atoms with Gasteiger partial charge >= 0.3 is 5.97 Å². The number of allylic oxidation sites excluding steroid dienone is 14. The quantitative estimate of drug-likeness (QED) is 0.0322. The van der Waals surface area contributed by atoms with Gasteiger partial charge in [-0.05, 0) is 96.3 Å². The summed E-state index contributed by atoms with van der Waals surface area (Å²) in [5.74, 6) is -0.548. The van der Waals surface area contributed by atoms with Crippen molar-refractivity contribution in [3.05, 3.63) is 85.1 Å². The van der Waals surface area contributed by atoms with Crippen molar-refractivity contribution in [2.24, 2.45) is 0 Å². The highest BCUT2D eigenvalue weighted by Gasteiger charge is 2.24. The Kier molecular flexibility index (Phi) is 46.7. The number of aliphatic hydroxyl groups excluding tert-OH is 2. The second-order valence-corrected chi connectivity index (χ2v) is 17.2. The zero-order valence-electron chi connectivity index (χ0n) is 40.5. The van der Waals surface area contributed by atoms with E-state index in [-0.39, 0.29) is 24.9 Å². The van der Waals surface area contributed by atoms with E-state index >= 15 is 0 Å². The normalized spacial score (nSPS) is 14.0. The number of unbranched alkanes of at least 4 members (excludes halogenated alkanes) is 19. The molecule has 3 N–H and O–H groups in total. The number of ether oxygens (including phenoxy) is 1. The Morgan fingerprint density at radius 2 is 0.887 bits per heavy atom. The van der Waals surface area contributed by atoms with Crippen molar-refractivity contribution < 1.29 is 24.5 Å². The number of hydrogen-bond donors (Lipinski definition) is 3. The third kappa shape index (κ3) is 43.7. The first-order valence-corrected chi connectivity index (χ1v) is 25.8. The zero-order valence-corrected chi connectivity index (χ0v) is 40.5. The summed E-state index contributed by atoms with van der Waals surface area (Å²) >= 11 is 0. The van der Waals surface area contributed by atoms with E-state index in [4.69, 9.17) is 4.74 Å². The summed E-state index contributed by atoms with van der Waals surface area (Å²) in [6.45, 7) is 6.31. The molecule has 0 radical (unpaired) electrons. The molecule has 1 amide bonds. The topological polar surface area (TPSA) is 95.9 Å². The number of carbonyl (C=O) groups excluding carboxylic acids is 2. The third-order valence-corrected chi connectivity index (χ3v) is 11.2. The van der Waals surface area contributed by atoms with Gasteiger partial charge in [-0.2, -0.15) is 0 Å². The lowest BCUT2D eigenvalue weighted by Crippen LogP contribution is -2.46. The standard InChI is InChI=1S/C56H97NO5/c1-4-7-10-13-16-19-22-24-26-28-29-31-33-35-38-41-44-47-52(50-55(60)57-53(51-58)54(59)48-45-42-39-36-21-18-15-12-9-6-3)62-56(61)49-46-43-40-37-34-32-30-27-25-23-20-17-14-11-8-5-2/h8,11,16-17,19-20,24-27,29,31,35,38,52-54,58-59H,4-7,9-10,12-15,18,21-23,28,30,32-34,36-37,39-51H2,1-3H3,(H,57,60)/b11-8+,19-16-,20-17+,26-24-,27-25+,31-29-,38-35-. The average Bonchev–Trinajstić information content (AvgIpc) is 3.26. The molecular formula is C56H97NO5. The molecule has 0 bridgehead atoms. The second-order valence-electron chi connectivity index (χ2n) is 17.2. The highest BCUT2D eigenvalue weighted by atomic mass is 16.5. The van der Waals surface area contributed by atoms with E-state index in [1.54, 1.807) is 0 Å². The first-order chi connectivity index (χ1) is 30.5. The van der Waals surface area contributed by atoms with Gasteiger partial charge in [0.1, 0.15) is 6.10 Å². The van der Waals surface area contributed by atoms with Crippen molar-refractivity contribution in [3.8, 4) is 0 Å². The number of amides is 1. The lowest BCUT2D eigenvalue weighted by atomic mass is 10.0. The van der Waals surface area contributed by atoms with E-state index in [0.717, 1.165) is 96.3 Å². The molecule has 6 nitrogen and oxygen atoms in total. The van der Waals surface area contributed by atoms with Crippen molar-refractivity contribution in [2.75, 3.05) is 6.61 Å². The molecule has 0 aromatic rings. The second kappa shape index (κ2) is 49.1. The Morgan fingerprint density at radius 3 is 1.39 bits per heavy atom. The van der Waals surface area contributed by atoms with Crippen LogP contribution in [0.3, 0.4) is 0 Å². The maximum Gasteiger partial charge on any atom is 0.306 e. The predicted molar refractivity (Wildman–Crippen MR) is 268 cm³/mol. The molecule has 0 aliphatic carbocycles. The Labute approximate surface area is 383 Å². The van der Waals surface area contributed by atoms with Gasteiger partial charge in [0, 0.05) is 6.42 Å². The van der Waals surface area contributed by atoms with Gasteiger partial charge in [0.05, 0.1) is 25.2 Å². The van der Waals surface area contributed by atoms with Crippen molar-refractivity contribution in [2.45, 2.75) is 251 Å². The minimum atomic E-state index is -0.807. The van der Waals surface area contributed by atoms with Crippen LogP contribution < -0.4 is 5.32 Å². The first-order valence-electron chi connectivity index (χ1n) is 25.8. The van der Waals surface area contributed by atoms with Crippen LogP contribution in [0.15, 0.2) is 85.1 Å². The van der Waals surface area contributed by atoms with Gasteiger partial charge in [-0.3, -0.25) is 9.59 Å². The number of aliphatic hydroxyl groups is 2. The Balaban J connectivity index is 4.73. The molecular weight excluding hydrogens is 767 g/mol. The van der Waals surface area contributed by atoms with Crippen LogP contribution in [0.4, 0.5) is 0 Å². The molecule has 0 aliphatic rings. The monoisotopic (exact) mass is 864 g/mol. The minimum Gasteiger partial charge on any atom is -0.462 e. The van der Waals surface area contributed by atoms with Crippen molar-refractivity contribution in [3.63, 3.8) is 0 Å². The molecule has 0 aliphatic heterocycles. The zero-order chi connectivity index (χ0) is 45.2. The van der Waals surface area contributed by atoms with Gasteiger partial charge < -0.3 is 20.3 Å². The lowest BCUT2D eigenvalue weighted by molar-refractivity contribution is -0.151.